The summed E-state index contributed by atoms with van der Waals surface area (Å²) in [7, 11) is 1.58. The molecule has 3 aromatic rings. The van der Waals surface area contributed by atoms with Crippen molar-refractivity contribution in [3.8, 4) is 16.9 Å². The molecular formula is C16H12FNO2. The molecule has 20 heavy (non-hydrogen) atoms. The van der Waals surface area contributed by atoms with Crippen molar-refractivity contribution in [3.63, 3.8) is 0 Å². The van der Waals surface area contributed by atoms with Crippen molar-refractivity contribution in [1.29, 1.82) is 0 Å². The van der Waals surface area contributed by atoms with Gasteiger partial charge in [-0.05, 0) is 35.9 Å². The third-order valence-electron chi connectivity index (χ3n) is 3.20. The third-order valence-corrected chi connectivity index (χ3v) is 3.20. The molecule has 0 saturated carbocycles. The molecule has 0 aliphatic heterocycles. The van der Waals surface area contributed by atoms with Gasteiger partial charge in [-0.1, -0.05) is 12.1 Å². The number of hydrogen-bond acceptors (Lipinski definition) is 2. The first kappa shape index (κ1) is 12.4. The first-order valence-electron chi connectivity index (χ1n) is 6.14. The molecule has 0 bridgehead atoms. The number of rotatable bonds is 2. The standard InChI is InChI=1S/C16H12FNO2/c1-20-15-8-11-4-7-16(19)18-14(11)9-13(15)10-2-5-12(17)6-3-10/h2-9H,1H3,(H,18,19). The van der Waals surface area contributed by atoms with Crippen LogP contribution < -0.4 is 10.3 Å². The molecule has 0 amide bonds. The van der Waals surface area contributed by atoms with Gasteiger partial charge in [-0.2, -0.15) is 0 Å². The van der Waals surface area contributed by atoms with Crippen LogP contribution in [-0.4, -0.2) is 12.1 Å². The molecule has 1 heterocycles. The number of ether oxygens (including phenoxy) is 1. The van der Waals surface area contributed by atoms with E-state index in [-0.39, 0.29) is 11.4 Å². The predicted octanol–water partition coefficient (Wildman–Crippen LogP) is 3.34. The number of methoxy groups -OCH3 is 1. The van der Waals surface area contributed by atoms with Gasteiger partial charge in [0.25, 0.3) is 0 Å². The zero-order valence-corrected chi connectivity index (χ0v) is 10.8. The third kappa shape index (κ3) is 2.16. The van der Waals surface area contributed by atoms with Crippen LogP contribution in [0, 0.1) is 5.82 Å². The molecule has 0 unspecified atom stereocenters. The Balaban J connectivity index is 2.27. The number of nitrogens with one attached hydrogen (secondary N) is 1. The van der Waals surface area contributed by atoms with Gasteiger partial charge in [-0.3, -0.25) is 4.79 Å². The van der Waals surface area contributed by atoms with Crippen LogP contribution in [-0.2, 0) is 0 Å². The van der Waals surface area contributed by atoms with Crippen molar-refractivity contribution in [2.45, 2.75) is 0 Å². The minimum absolute atomic E-state index is 0.160. The Morgan fingerprint density at radius 2 is 1.80 bits per heavy atom. The molecule has 3 nitrogen and oxygen atoms in total. The SMILES string of the molecule is COc1cc2ccc(=O)[nH]c2cc1-c1ccc(F)cc1. The Labute approximate surface area is 114 Å². The topological polar surface area (TPSA) is 42.1 Å². The van der Waals surface area contributed by atoms with E-state index in [2.05, 4.69) is 4.98 Å². The second kappa shape index (κ2) is 4.81. The number of fused-ring (bicyclic) bond motifs is 1. The maximum atomic E-state index is 13.0. The van der Waals surface area contributed by atoms with Crippen LogP contribution in [0.5, 0.6) is 5.75 Å². The lowest BCUT2D eigenvalue weighted by Gasteiger charge is -2.10. The van der Waals surface area contributed by atoms with Gasteiger partial charge in [-0.25, -0.2) is 4.39 Å². The van der Waals surface area contributed by atoms with E-state index in [1.165, 1.54) is 18.2 Å². The number of halogens is 1. The molecule has 0 atom stereocenters. The number of hydrogen-bond donors (Lipinski definition) is 1. The molecule has 100 valence electrons. The zero-order chi connectivity index (χ0) is 14.1. The molecule has 4 heteroatoms. The smallest absolute Gasteiger partial charge is 0.248 e. The van der Waals surface area contributed by atoms with Crippen molar-refractivity contribution >= 4 is 10.9 Å². The Morgan fingerprint density at radius 3 is 2.50 bits per heavy atom. The fourth-order valence-electron chi connectivity index (χ4n) is 2.21. The zero-order valence-electron chi connectivity index (χ0n) is 10.8. The van der Waals surface area contributed by atoms with Gasteiger partial charge >= 0.3 is 0 Å². The van der Waals surface area contributed by atoms with Gasteiger partial charge in [0.2, 0.25) is 5.56 Å². The van der Waals surface area contributed by atoms with Crippen LogP contribution in [0.3, 0.4) is 0 Å². The number of pyridine rings is 1. The summed E-state index contributed by atoms with van der Waals surface area (Å²) < 4.78 is 18.4. The molecule has 0 spiro atoms. The maximum Gasteiger partial charge on any atom is 0.248 e. The highest BCUT2D eigenvalue weighted by atomic mass is 19.1. The summed E-state index contributed by atoms with van der Waals surface area (Å²) >= 11 is 0. The van der Waals surface area contributed by atoms with Crippen LogP contribution in [0.25, 0.3) is 22.0 Å². The van der Waals surface area contributed by atoms with E-state index >= 15 is 0 Å². The van der Waals surface area contributed by atoms with Crippen LogP contribution >= 0.6 is 0 Å². The summed E-state index contributed by atoms with van der Waals surface area (Å²) in [5, 5.41) is 0.882. The number of aromatic amines is 1. The number of aromatic nitrogens is 1. The van der Waals surface area contributed by atoms with Crippen LogP contribution in [0.15, 0.2) is 53.3 Å². The molecule has 0 fully saturated rings. The summed E-state index contributed by atoms with van der Waals surface area (Å²) in [6.45, 7) is 0. The van der Waals surface area contributed by atoms with E-state index in [4.69, 9.17) is 4.74 Å². The van der Waals surface area contributed by atoms with Crippen molar-refractivity contribution in [1.82, 2.24) is 4.98 Å². The lowest BCUT2D eigenvalue weighted by atomic mass is 10.0. The van der Waals surface area contributed by atoms with Crippen LogP contribution in [0.2, 0.25) is 0 Å². The molecule has 0 radical (unpaired) electrons. The van der Waals surface area contributed by atoms with Gasteiger partial charge in [0.15, 0.2) is 0 Å². The molecule has 2 aromatic carbocycles. The summed E-state index contributed by atoms with van der Waals surface area (Å²) in [5.74, 6) is 0.387. The van der Waals surface area contributed by atoms with Gasteiger partial charge in [-0.15, -0.1) is 0 Å². The average Bonchev–Trinajstić information content (AvgIpc) is 2.46. The molecule has 1 aromatic heterocycles. The number of benzene rings is 2. The van der Waals surface area contributed by atoms with E-state index in [0.29, 0.717) is 5.75 Å². The number of H-pyrrole nitrogens is 1. The first-order valence-corrected chi connectivity index (χ1v) is 6.14. The summed E-state index contributed by atoms with van der Waals surface area (Å²) in [5.41, 5.74) is 2.20. The average molecular weight is 269 g/mol. The largest absolute Gasteiger partial charge is 0.496 e. The van der Waals surface area contributed by atoms with Crippen molar-refractivity contribution in [2.24, 2.45) is 0 Å². The van der Waals surface area contributed by atoms with Gasteiger partial charge < -0.3 is 9.72 Å². The minimum Gasteiger partial charge on any atom is -0.496 e. The highest BCUT2D eigenvalue weighted by Crippen LogP contribution is 2.33. The van der Waals surface area contributed by atoms with Gasteiger partial charge in [0, 0.05) is 22.5 Å². The Morgan fingerprint density at radius 1 is 1.05 bits per heavy atom. The monoisotopic (exact) mass is 269 g/mol. The lowest BCUT2D eigenvalue weighted by Crippen LogP contribution is -2.02. The van der Waals surface area contributed by atoms with E-state index in [1.54, 1.807) is 25.3 Å². The van der Waals surface area contributed by atoms with Crippen LogP contribution in [0.4, 0.5) is 4.39 Å². The Bertz CT molecular complexity index is 822. The second-order valence-electron chi connectivity index (χ2n) is 4.47. The highest BCUT2D eigenvalue weighted by Gasteiger charge is 2.08. The summed E-state index contributed by atoms with van der Waals surface area (Å²) in [6.07, 6.45) is 0. The fourth-order valence-corrected chi connectivity index (χ4v) is 2.21. The fraction of sp³-hybridized carbons (Fsp3) is 0.0625. The summed E-state index contributed by atoms with van der Waals surface area (Å²) in [6, 6.07) is 13.1. The molecule has 3 rings (SSSR count). The van der Waals surface area contributed by atoms with E-state index in [0.717, 1.165) is 22.0 Å². The predicted molar refractivity (Wildman–Crippen MR) is 76.5 cm³/mol. The summed E-state index contributed by atoms with van der Waals surface area (Å²) in [4.78, 5) is 14.2. The van der Waals surface area contributed by atoms with Crippen molar-refractivity contribution in [2.75, 3.05) is 7.11 Å². The normalized spacial score (nSPS) is 10.7. The second-order valence-corrected chi connectivity index (χ2v) is 4.47. The molecular weight excluding hydrogens is 257 g/mol. The van der Waals surface area contributed by atoms with Gasteiger partial charge in [0.05, 0.1) is 7.11 Å². The molecule has 1 N–H and O–H groups in total. The van der Waals surface area contributed by atoms with Gasteiger partial charge in [0.1, 0.15) is 11.6 Å². The first-order chi connectivity index (χ1) is 9.67. The quantitative estimate of drug-likeness (QED) is 0.775. The van der Waals surface area contributed by atoms with Crippen molar-refractivity contribution < 1.29 is 9.13 Å². The maximum absolute atomic E-state index is 13.0. The Hall–Kier alpha value is -2.62. The molecule has 0 aliphatic rings. The minimum atomic E-state index is -0.290. The lowest BCUT2D eigenvalue weighted by molar-refractivity contribution is 0.417. The van der Waals surface area contributed by atoms with E-state index < -0.39 is 0 Å². The van der Waals surface area contributed by atoms with Crippen molar-refractivity contribution in [3.05, 3.63) is 64.7 Å². The highest BCUT2D eigenvalue weighted by molar-refractivity contribution is 5.88. The van der Waals surface area contributed by atoms with E-state index in [1.807, 2.05) is 12.1 Å². The molecule has 0 saturated heterocycles. The van der Waals surface area contributed by atoms with Crippen LogP contribution in [0.1, 0.15) is 0 Å². The van der Waals surface area contributed by atoms with E-state index in [9.17, 15) is 9.18 Å². The Kier molecular flexibility index (Phi) is 2.99. The molecule has 0 aliphatic carbocycles.